The lowest BCUT2D eigenvalue weighted by atomic mass is 10.1. The van der Waals surface area contributed by atoms with Gasteiger partial charge in [0.2, 0.25) is 0 Å². The van der Waals surface area contributed by atoms with Crippen molar-refractivity contribution in [3.8, 4) is 17.0 Å². The maximum atomic E-state index is 12.7. The molecule has 1 amide bonds. The fourth-order valence-electron chi connectivity index (χ4n) is 3.23. The van der Waals surface area contributed by atoms with Crippen LogP contribution >= 0.6 is 0 Å². The molecule has 2 heterocycles. The van der Waals surface area contributed by atoms with Crippen molar-refractivity contribution >= 4 is 5.91 Å². The average Bonchev–Trinajstić information content (AvgIpc) is 3.24. The molecule has 1 aliphatic heterocycles. The predicted octanol–water partition coefficient (Wildman–Crippen LogP) is 3.49. The van der Waals surface area contributed by atoms with E-state index in [1.165, 1.54) is 0 Å². The van der Waals surface area contributed by atoms with Gasteiger partial charge in [0.05, 0.1) is 12.8 Å². The van der Waals surface area contributed by atoms with Crippen LogP contribution in [0.25, 0.3) is 11.3 Å². The predicted molar refractivity (Wildman–Crippen MR) is 89.5 cm³/mol. The highest BCUT2D eigenvalue weighted by molar-refractivity contribution is 5.93. The molecule has 5 nitrogen and oxygen atoms in total. The van der Waals surface area contributed by atoms with Crippen molar-refractivity contribution in [1.82, 2.24) is 15.1 Å². The van der Waals surface area contributed by atoms with Crippen LogP contribution in [0.2, 0.25) is 0 Å². The summed E-state index contributed by atoms with van der Waals surface area (Å²) in [5.74, 6) is 0.869. The number of likely N-dealkylation sites (tertiary alicyclic amines) is 1. The standard InChI is InChI=1S/C18H23N3O2/c1-3-5-14-6-4-11-21(14)18(22)17-12-16(19-20-17)13-7-9-15(23-2)10-8-13/h7-10,12,14H,3-6,11H2,1-2H3,(H,19,20)/t14-/m1/s1. The first-order chi connectivity index (χ1) is 11.2. The Morgan fingerprint density at radius 3 is 2.87 bits per heavy atom. The van der Waals surface area contributed by atoms with Gasteiger partial charge in [-0.25, -0.2) is 0 Å². The second kappa shape index (κ2) is 6.86. The zero-order valence-electron chi connectivity index (χ0n) is 13.7. The number of ether oxygens (including phenoxy) is 1. The SMILES string of the molecule is CCC[C@@H]1CCCN1C(=O)c1cc(-c2ccc(OC)cc2)n[nH]1. The molecule has 1 atom stereocenters. The molecule has 1 aromatic heterocycles. The Morgan fingerprint density at radius 1 is 1.39 bits per heavy atom. The smallest absolute Gasteiger partial charge is 0.272 e. The van der Waals surface area contributed by atoms with Crippen LogP contribution in [0.3, 0.4) is 0 Å². The molecule has 122 valence electrons. The van der Waals surface area contributed by atoms with Gasteiger partial charge < -0.3 is 9.64 Å². The Bertz CT molecular complexity index is 663. The summed E-state index contributed by atoms with van der Waals surface area (Å²) >= 11 is 0. The third-order valence-corrected chi connectivity index (χ3v) is 4.45. The number of H-pyrrole nitrogens is 1. The number of hydrogen-bond acceptors (Lipinski definition) is 3. The zero-order chi connectivity index (χ0) is 16.2. The largest absolute Gasteiger partial charge is 0.497 e. The number of nitrogens with zero attached hydrogens (tertiary/aromatic N) is 2. The fraction of sp³-hybridized carbons (Fsp3) is 0.444. The van der Waals surface area contributed by atoms with E-state index < -0.39 is 0 Å². The quantitative estimate of drug-likeness (QED) is 0.919. The first kappa shape index (κ1) is 15.6. The summed E-state index contributed by atoms with van der Waals surface area (Å²) < 4.78 is 5.16. The van der Waals surface area contributed by atoms with Crippen molar-refractivity contribution in [2.45, 2.75) is 38.6 Å². The minimum absolute atomic E-state index is 0.0632. The first-order valence-corrected chi connectivity index (χ1v) is 8.23. The molecule has 1 aromatic carbocycles. The molecule has 0 radical (unpaired) electrons. The minimum Gasteiger partial charge on any atom is -0.497 e. The van der Waals surface area contributed by atoms with E-state index in [-0.39, 0.29) is 5.91 Å². The highest BCUT2D eigenvalue weighted by Crippen LogP contribution is 2.25. The highest BCUT2D eigenvalue weighted by Gasteiger charge is 2.29. The van der Waals surface area contributed by atoms with E-state index >= 15 is 0 Å². The number of aromatic nitrogens is 2. The van der Waals surface area contributed by atoms with Gasteiger partial charge in [0, 0.05) is 18.2 Å². The molecule has 2 aromatic rings. The van der Waals surface area contributed by atoms with Crippen molar-refractivity contribution in [2.75, 3.05) is 13.7 Å². The highest BCUT2D eigenvalue weighted by atomic mass is 16.5. The van der Waals surface area contributed by atoms with Crippen LogP contribution < -0.4 is 4.74 Å². The zero-order valence-corrected chi connectivity index (χ0v) is 13.7. The number of nitrogens with one attached hydrogen (secondary N) is 1. The van der Waals surface area contributed by atoms with Gasteiger partial charge in [-0.3, -0.25) is 9.89 Å². The maximum Gasteiger partial charge on any atom is 0.272 e. The van der Waals surface area contributed by atoms with Gasteiger partial charge in [0.1, 0.15) is 11.4 Å². The molecule has 3 rings (SSSR count). The lowest BCUT2D eigenvalue weighted by Gasteiger charge is -2.23. The average molecular weight is 313 g/mol. The molecule has 1 aliphatic rings. The van der Waals surface area contributed by atoms with Crippen molar-refractivity contribution < 1.29 is 9.53 Å². The summed E-state index contributed by atoms with van der Waals surface area (Å²) in [5.41, 5.74) is 2.31. The van der Waals surface area contributed by atoms with E-state index in [1.54, 1.807) is 7.11 Å². The van der Waals surface area contributed by atoms with E-state index in [0.29, 0.717) is 11.7 Å². The first-order valence-electron chi connectivity index (χ1n) is 8.23. The number of aromatic amines is 1. The Hall–Kier alpha value is -2.30. The summed E-state index contributed by atoms with van der Waals surface area (Å²) in [6, 6.07) is 9.89. The van der Waals surface area contributed by atoms with E-state index in [2.05, 4.69) is 17.1 Å². The number of rotatable bonds is 5. The minimum atomic E-state index is 0.0632. The number of benzene rings is 1. The summed E-state index contributed by atoms with van der Waals surface area (Å²) in [6.45, 7) is 3.01. The molecule has 0 saturated carbocycles. The van der Waals surface area contributed by atoms with Crippen molar-refractivity contribution in [1.29, 1.82) is 0 Å². The van der Waals surface area contributed by atoms with Crippen LogP contribution in [0, 0.1) is 0 Å². The fourth-order valence-corrected chi connectivity index (χ4v) is 3.23. The Morgan fingerprint density at radius 2 is 2.17 bits per heavy atom. The molecule has 1 N–H and O–H groups in total. The molecule has 0 bridgehead atoms. The number of methoxy groups -OCH3 is 1. The monoisotopic (exact) mass is 313 g/mol. The molecule has 1 saturated heterocycles. The maximum absolute atomic E-state index is 12.7. The van der Waals surface area contributed by atoms with Crippen LogP contribution in [-0.2, 0) is 0 Å². The summed E-state index contributed by atoms with van der Waals surface area (Å²) in [4.78, 5) is 14.7. The number of amides is 1. The van der Waals surface area contributed by atoms with Crippen LogP contribution in [-0.4, -0.2) is 40.7 Å². The van der Waals surface area contributed by atoms with Gasteiger partial charge in [0.15, 0.2) is 0 Å². The van der Waals surface area contributed by atoms with Crippen LogP contribution in [0.1, 0.15) is 43.1 Å². The van der Waals surface area contributed by atoms with Crippen LogP contribution in [0.5, 0.6) is 5.75 Å². The normalized spacial score (nSPS) is 17.5. The van der Waals surface area contributed by atoms with Crippen molar-refractivity contribution in [2.24, 2.45) is 0 Å². The Kier molecular flexibility index (Phi) is 4.65. The molecule has 0 aliphatic carbocycles. The van der Waals surface area contributed by atoms with E-state index in [1.807, 2.05) is 35.2 Å². The third-order valence-electron chi connectivity index (χ3n) is 4.45. The summed E-state index contributed by atoms with van der Waals surface area (Å²) in [5, 5.41) is 7.19. The Labute approximate surface area is 136 Å². The second-order valence-corrected chi connectivity index (χ2v) is 5.98. The molecule has 0 spiro atoms. The Balaban J connectivity index is 1.76. The van der Waals surface area contributed by atoms with Crippen LogP contribution in [0.4, 0.5) is 0 Å². The van der Waals surface area contributed by atoms with Crippen LogP contribution in [0.15, 0.2) is 30.3 Å². The molecular formula is C18H23N3O2. The second-order valence-electron chi connectivity index (χ2n) is 5.98. The number of hydrogen-bond donors (Lipinski definition) is 1. The van der Waals surface area contributed by atoms with E-state index in [4.69, 9.17) is 4.74 Å². The third kappa shape index (κ3) is 3.23. The van der Waals surface area contributed by atoms with Gasteiger partial charge in [-0.1, -0.05) is 13.3 Å². The molecule has 5 heteroatoms. The van der Waals surface area contributed by atoms with Gasteiger partial charge in [-0.15, -0.1) is 0 Å². The molecular weight excluding hydrogens is 290 g/mol. The lowest BCUT2D eigenvalue weighted by Crippen LogP contribution is -2.35. The summed E-state index contributed by atoms with van der Waals surface area (Å²) in [6.07, 6.45) is 4.38. The molecule has 23 heavy (non-hydrogen) atoms. The van der Waals surface area contributed by atoms with E-state index in [0.717, 1.165) is 49.2 Å². The molecule has 1 fully saturated rings. The number of carbonyl (C=O) groups is 1. The topological polar surface area (TPSA) is 58.2 Å². The van der Waals surface area contributed by atoms with Gasteiger partial charge >= 0.3 is 0 Å². The number of carbonyl (C=O) groups excluding carboxylic acids is 1. The lowest BCUT2D eigenvalue weighted by molar-refractivity contribution is 0.0724. The van der Waals surface area contributed by atoms with E-state index in [9.17, 15) is 4.79 Å². The van der Waals surface area contributed by atoms with Crippen molar-refractivity contribution in [3.63, 3.8) is 0 Å². The summed E-state index contributed by atoms with van der Waals surface area (Å²) in [7, 11) is 1.64. The van der Waals surface area contributed by atoms with Gasteiger partial charge in [0.25, 0.3) is 5.91 Å². The molecule has 0 unspecified atom stereocenters. The van der Waals surface area contributed by atoms with Gasteiger partial charge in [-0.2, -0.15) is 5.10 Å². The van der Waals surface area contributed by atoms with Crippen molar-refractivity contribution in [3.05, 3.63) is 36.0 Å². The van der Waals surface area contributed by atoms with Gasteiger partial charge in [-0.05, 0) is 49.6 Å².